The minimum absolute atomic E-state index is 0.223. The van der Waals surface area contributed by atoms with Gasteiger partial charge in [-0.2, -0.15) is 0 Å². The quantitative estimate of drug-likeness (QED) is 0.353. The van der Waals surface area contributed by atoms with Crippen LogP contribution in [-0.4, -0.2) is 21.0 Å². The highest BCUT2D eigenvalue weighted by atomic mass is 35.5. The van der Waals surface area contributed by atoms with Gasteiger partial charge in [-0.15, -0.1) is 11.3 Å². The van der Waals surface area contributed by atoms with Crippen LogP contribution < -0.4 is 5.32 Å². The first kappa shape index (κ1) is 20.6. The van der Waals surface area contributed by atoms with E-state index in [-0.39, 0.29) is 5.56 Å². The number of aryl methyl sites for hydroxylation is 2. The highest BCUT2D eigenvalue weighted by molar-refractivity contribution is 7.18. The number of aromatic nitrogens is 2. The van der Waals surface area contributed by atoms with Gasteiger partial charge in [-0.05, 0) is 49.2 Å². The summed E-state index contributed by atoms with van der Waals surface area (Å²) in [4.78, 5) is 22.7. The van der Waals surface area contributed by atoms with E-state index in [1.807, 2.05) is 12.1 Å². The number of carbonyl (C=O) groups is 1. The first-order chi connectivity index (χ1) is 14.3. The molecule has 2 N–H and O–H groups in total. The SMILES string of the molecule is Cc1sc2nc(-c3ccc(C(=O)O)cc3)nc(NCc3ccc(Cl)c(Cl)c3)c2c1C. The molecule has 0 saturated heterocycles. The number of halogens is 2. The van der Waals surface area contributed by atoms with Crippen LogP contribution in [0.15, 0.2) is 42.5 Å². The second kappa shape index (κ2) is 8.22. The van der Waals surface area contributed by atoms with Gasteiger partial charge < -0.3 is 10.4 Å². The van der Waals surface area contributed by atoms with E-state index in [9.17, 15) is 4.79 Å². The van der Waals surface area contributed by atoms with Crippen LogP contribution in [0.25, 0.3) is 21.6 Å². The minimum Gasteiger partial charge on any atom is -0.478 e. The van der Waals surface area contributed by atoms with Crippen molar-refractivity contribution in [1.29, 1.82) is 0 Å². The van der Waals surface area contributed by atoms with E-state index in [0.29, 0.717) is 22.4 Å². The average molecular weight is 458 g/mol. The third-order valence-corrected chi connectivity index (χ3v) is 6.70. The Morgan fingerprint density at radius 2 is 1.80 bits per heavy atom. The first-order valence-corrected chi connectivity index (χ1v) is 10.7. The maximum atomic E-state index is 11.1. The lowest BCUT2D eigenvalue weighted by Gasteiger charge is -2.11. The Labute approximate surface area is 187 Å². The Hall–Kier alpha value is -2.67. The summed E-state index contributed by atoms with van der Waals surface area (Å²) < 4.78 is 0. The van der Waals surface area contributed by atoms with Crippen LogP contribution in [0.4, 0.5) is 5.82 Å². The molecule has 0 bridgehead atoms. The van der Waals surface area contributed by atoms with Crippen molar-refractivity contribution in [3.8, 4) is 11.4 Å². The van der Waals surface area contributed by atoms with E-state index >= 15 is 0 Å². The van der Waals surface area contributed by atoms with Crippen molar-refractivity contribution in [2.75, 3.05) is 5.32 Å². The van der Waals surface area contributed by atoms with E-state index in [2.05, 4.69) is 19.2 Å². The van der Waals surface area contributed by atoms with Crippen LogP contribution in [0.1, 0.15) is 26.4 Å². The van der Waals surface area contributed by atoms with E-state index < -0.39 is 5.97 Å². The predicted octanol–water partition coefficient (Wildman–Crippen LogP) is 6.59. The van der Waals surface area contributed by atoms with Gasteiger partial charge in [-0.1, -0.05) is 41.4 Å². The smallest absolute Gasteiger partial charge is 0.335 e. The van der Waals surface area contributed by atoms with Gasteiger partial charge in [0, 0.05) is 17.0 Å². The molecule has 0 atom stereocenters. The predicted molar refractivity (Wildman–Crippen MR) is 123 cm³/mol. The monoisotopic (exact) mass is 457 g/mol. The third kappa shape index (κ3) is 3.99. The van der Waals surface area contributed by atoms with Crippen molar-refractivity contribution >= 4 is 56.5 Å². The van der Waals surface area contributed by atoms with Crippen molar-refractivity contribution < 1.29 is 9.90 Å². The molecule has 0 radical (unpaired) electrons. The molecule has 152 valence electrons. The Morgan fingerprint density at radius 3 is 2.47 bits per heavy atom. The molecule has 0 unspecified atom stereocenters. The molecular weight excluding hydrogens is 441 g/mol. The fraction of sp³-hybridized carbons (Fsp3) is 0.136. The number of thiophene rings is 1. The van der Waals surface area contributed by atoms with Crippen LogP contribution >= 0.6 is 34.5 Å². The lowest BCUT2D eigenvalue weighted by Crippen LogP contribution is -2.04. The molecular formula is C22H17Cl2N3O2S. The standard InChI is InChI=1S/C22H17Cl2N3O2S/c1-11-12(2)30-21-18(11)20(25-10-13-3-8-16(23)17(24)9-13)26-19(27-21)14-4-6-15(7-5-14)22(28)29/h3-9H,10H2,1-2H3,(H,28,29)(H,25,26,27). The normalized spacial score (nSPS) is 11.1. The lowest BCUT2D eigenvalue weighted by molar-refractivity contribution is 0.0697. The number of carboxylic acids is 1. The summed E-state index contributed by atoms with van der Waals surface area (Å²) in [6.07, 6.45) is 0. The lowest BCUT2D eigenvalue weighted by atomic mass is 10.1. The molecule has 2 aromatic heterocycles. The molecule has 30 heavy (non-hydrogen) atoms. The number of anilines is 1. The summed E-state index contributed by atoms with van der Waals surface area (Å²) in [5, 5.41) is 14.5. The fourth-order valence-electron chi connectivity index (χ4n) is 3.10. The number of rotatable bonds is 5. The van der Waals surface area contributed by atoms with Crippen LogP contribution in [0.3, 0.4) is 0 Å². The molecule has 0 spiro atoms. The van der Waals surface area contributed by atoms with Gasteiger partial charge in [-0.3, -0.25) is 0 Å². The van der Waals surface area contributed by atoms with Gasteiger partial charge in [0.25, 0.3) is 0 Å². The number of nitrogens with one attached hydrogen (secondary N) is 1. The van der Waals surface area contributed by atoms with Crippen LogP contribution in [0.2, 0.25) is 10.0 Å². The van der Waals surface area contributed by atoms with Gasteiger partial charge in [0.2, 0.25) is 0 Å². The molecule has 4 aromatic rings. The maximum Gasteiger partial charge on any atom is 0.335 e. The number of carboxylic acid groups (broad SMARTS) is 1. The topological polar surface area (TPSA) is 75.1 Å². The molecule has 4 rings (SSSR count). The summed E-state index contributed by atoms with van der Waals surface area (Å²) in [6, 6.07) is 12.1. The zero-order valence-corrected chi connectivity index (χ0v) is 18.5. The van der Waals surface area contributed by atoms with Gasteiger partial charge in [0.1, 0.15) is 10.6 Å². The molecule has 2 aromatic carbocycles. The van der Waals surface area contributed by atoms with Crippen LogP contribution in [0.5, 0.6) is 0 Å². The number of fused-ring (bicyclic) bond motifs is 1. The number of nitrogens with zero attached hydrogens (tertiary/aromatic N) is 2. The molecule has 0 aliphatic rings. The van der Waals surface area contributed by atoms with E-state index in [1.54, 1.807) is 41.7 Å². The second-order valence-corrected chi connectivity index (χ2v) is 8.86. The van der Waals surface area contributed by atoms with Crippen molar-refractivity contribution in [3.05, 3.63) is 74.1 Å². The summed E-state index contributed by atoms with van der Waals surface area (Å²) in [5.74, 6) is 0.300. The fourth-order valence-corrected chi connectivity index (χ4v) is 4.45. The zero-order chi connectivity index (χ0) is 21.4. The van der Waals surface area contributed by atoms with Gasteiger partial charge >= 0.3 is 5.97 Å². The van der Waals surface area contributed by atoms with Crippen molar-refractivity contribution in [3.63, 3.8) is 0 Å². The van der Waals surface area contributed by atoms with Gasteiger partial charge in [-0.25, -0.2) is 14.8 Å². The Kier molecular flexibility index (Phi) is 5.64. The molecule has 0 amide bonds. The Morgan fingerprint density at radius 1 is 1.07 bits per heavy atom. The zero-order valence-electron chi connectivity index (χ0n) is 16.2. The van der Waals surface area contributed by atoms with Crippen LogP contribution in [0, 0.1) is 13.8 Å². The molecule has 0 fully saturated rings. The molecule has 5 nitrogen and oxygen atoms in total. The highest BCUT2D eigenvalue weighted by Gasteiger charge is 2.16. The Bertz CT molecular complexity index is 1270. The van der Waals surface area contributed by atoms with Gasteiger partial charge in [0.15, 0.2) is 5.82 Å². The number of hydrogen-bond donors (Lipinski definition) is 2. The van der Waals surface area contributed by atoms with E-state index in [0.717, 1.165) is 32.7 Å². The molecule has 0 saturated carbocycles. The largest absolute Gasteiger partial charge is 0.478 e. The third-order valence-electron chi connectivity index (χ3n) is 4.86. The summed E-state index contributed by atoms with van der Waals surface area (Å²) in [6.45, 7) is 4.64. The minimum atomic E-state index is -0.966. The van der Waals surface area contributed by atoms with E-state index in [4.69, 9.17) is 38.3 Å². The molecule has 0 aliphatic heterocycles. The number of hydrogen-bond acceptors (Lipinski definition) is 5. The Balaban J connectivity index is 1.74. The molecule has 8 heteroatoms. The van der Waals surface area contributed by atoms with Gasteiger partial charge in [0.05, 0.1) is 21.0 Å². The first-order valence-electron chi connectivity index (χ1n) is 9.12. The summed E-state index contributed by atoms with van der Waals surface area (Å²) in [7, 11) is 0. The summed E-state index contributed by atoms with van der Waals surface area (Å²) in [5.41, 5.74) is 3.09. The maximum absolute atomic E-state index is 11.1. The van der Waals surface area contributed by atoms with Crippen molar-refractivity contribution in [1.82, 2.24) is 9.97 Å². The highest BCUT2D eigenvalue weighted by Crippen LogP contribution is 2.35. The molecule has 2 heterocycles. The number of aromatic carboxylic acids is 1. The summed E-state index contributed by atoms with van der Waals surface area (Å²) >= 11 is 13.8. The van der Waals surface area contributed by atoms with E-state index in [1.165, 1.54) is 4.88 Å². The van der Waals surface area contributed by atoms with Crippen molar-refractivity contribution in [2.24, 2.45) is 0 Å². The second-order valence-electron chi connectivity index (χ2n) is 6.84. The number of benzene rings is 2. The average Bonchev–Trinajstić information content (AvgIpc) is 3.02. The molecule has 0 aliphatic carbocycles. The van der Waals surface area contributed by atoms with Crippen LogP contribution in [-0.2, 0) is 6.54 Å². The van der Waals surface area contributed by atoms with Crippen molar-refractivity contribution in [2.45, 2.75) is 20.4 Å².